The zero-order chi connectivity index (χ0) is 20.6. The fourth-order valence-electron chi connectivity index (χ4n) is 4.52. The largest absolute Gasteiger partial charge is 0.450 e. The maximum Gasteiger partial charge on any atom is 0.375 e. The van der Waals surface area contributed by atoms with Gasteiger partial charge >= 0.3 is 5.97 Å². The number of nitrogens with zero attached hydrogens (tertiary/aromatic N) is 1. The summed E-state index contributed by atoms with van der Waals surface area (Å²) < 4.78 is 34.7. The minimum Gasteiger partial charge on any atom is -0.450 e. The lowest BCUT2D eigenvalue weighted by Crippen LogP contribution is -2.48. The van der Waals surface area contributed by atoms with Crippen molar-refractivity contribution in [3.8, 4) is 0 Å². The molecule has 1 aliphatic heterocycles. The molecule has 2 aromatic rings. The molecule has 0 radical (unpaired) electrons. The van der Waals surface area contributed by atoms with Crippen molar-refractivity contribution in [2.24, 2.45) is 0 Å². The van der Waals surface area contributed by atoms with Crippen LogP contribution < -0.4 is 0 Å². The average Bonchev–Trinajstić information content (AvgIpc) is 3.41. The minimum absolute atomic E-state index is 0.00807. The Hall–Kier alpha value is -2.35. The first kappa shape index (κ1) is 19.9. The zero-order valence-electron chi connectivity index (χ0n) is 16.4. The number of furan rings is 1. The molecule has 1 saturated carbocycles. The molecule has 1 atom stereocenters. The zero-order valence-corrected chi connectivity index (χ0v) is 17.2. The molecule has 1 amide bonds. The number of aryl methyl sites for hydroxylation is 1. The first-order valence-corrected chi connectivity index (χ1v) is 11.8. The van der Waals surface area contributed by atoms with Crippen LogP contribution in [0.3, 0.4) is 0 Å². The van der Waals surface area contributed by atoms with E-state index in [9.17, 15) is 18.0 Å². The highest BCUT2D eigenvalue weighted by molar-refractivity contribution is 7.91. The van der Waals surface area contributed by atoms with Gasteiger partial charge in [-0.25, -0.2) is 13.2 Å². The Morgan fingerprint density at radius 2 is 1.86 bits per heavy atom. The highest BCUT2D eigenvalue weighted by Crippen LogP contribution is 2.30. The second-order valence-electron chi connectivity index (χ2n) is 7.92. The fourth-order valence-corrected chi connectivity index (χ4v) is 6.23. The third kappa shape index (κ3) is 4.03. The molecule has 156 valence electrons. The number of fused-ring (bicyclic) bond motifs is 1. The second kappa shape index (κ2) is 7.82. The van der Waals surface area contributed by atoms with Gasteiger partial charge in [0.1, 0.15) is 5.58 Å². The molecule has 2 aliphatic rings. The van der Waals surface area contributed by atoms with Crippen LogP contribution in [0.15, 0.2) is 28.7 Å². The summed E-state index contributed by atoms with van der Waals surface area (Å²) in [6.45, 7) is 1.36. The van der Waals surface area contributed by atoms with Crippen molar-refractivity contribution >= 4 is 32.7 Å². The molecule has 8 heteroatoms. The monoisotopic (exact) mass is 419 g/mol. The summed E-state index contributed by atoms with van der Waals surface area (Å²) in [7, 11) is -3.11. The van der Waals surface area contributed by atoms with Crippen molar-refractivity contribution in [2.75, 3.05) is 18.1 Å². The first-order chi connectivity index (χ1) is 13.9. The third-order valence-corrected chi connectivity index (χ3v) is 7.71. The lowest BCUT2D eigenvalue weighted by atomic mass is 10.1. The van der Waals surface area contributed by atoms with Crippen molar-refractivity contribution in [1.29, 1.82) is 0 Å². The molecular formula is C21H25NO6S. The van der Waals surface area contributed by atoms with Gasteiger partial charge in [-0.2, -0.15) is 0 Å². The summed E-state index contributed by atoms with van der Waals surface area (Å²) in [4.78, 5) is 27.1. The quantitative estimate of drug-likeness (QED) is 0.692. The van der Waals surface area contributed by atoms with E-state index in [1.807, 2.05) is 18.2 Å². The van der Waals surface area contributed by atoms with Crippen molar-refractivity contribution in [3.63, 3.8) is 0 Å². The maximum absolute atomic E-state index is 12.9. The van der Waals surface area contributed by atoms with E-state index < -0.39 is 22.4 Å². The van der Waals surface area contributed by atoms with Gasteiger partial charge < -0.3 is 14.1 Å². The van der Waals surface area contributed by atoms with Gasteiger partial charge in [0.2, 0.25) is 5.76 Å². The predicted octanol–water partition coefficient (Wildman–Crippen LogP) is 2.86. The van der Waals surface area contributed by atoms with E-state index in [0.29, 0.717) is 17.6 Å². The van der Waals surface area contributed by atoms with Crippen LogP contribution in [0.2, 0.25) is 0 Å². The van der Waals surface area contributed by atoms with E-state index in [1.54, 1.807) is 17.9 Å². The average molecular weight is 419 g/mol. The first-order valence-electron chi connectivity index (χ1n) is 10.0. The molecule has 1 aromatic carbocycles. The van der Waals surface area contributed by atoms with Gasteiger partial charge in [0.05, 0.1) is 11.5 Å². The fraction of sp³-hybridized carbons (Fsp3) is 0.524. The number of rotatable bonds is 5. The Morgan fingerprint density at radius 3 is 2.52 bits per heavy atom. The number of benzene rings is 1. The van der Waals surface area contributed by atoms with Gasteiger partial charge in [-0.05, 0) is 32.3 Å². The number of esters is 1. The Morgan fingerprint density at radius 1 is 1.14 bits per heavy atom. The molecule has 4 rings (SSSR count). The lowest BCUT2D eigenvalue weighted by Gasteiger charge is -2.33. The normalized spacial score (nSPS) is 21.5. The number of para-hydroxylation sites is 1. The second-order valence-corrected chi connectivity index (χ2v) is 10.2. The van der Waals surface area contributed by atoms with E-state index in [4.69, 9.17) is 9.15 Å². The maximum atomic E-state index is 12.9. The number of ether oxygens (including phenoxy) is 1. The van der Waals surface area contributed by atoms with Crippen LogP contribution in [0.25, 0.3) is 11.0 Å². The van der Waals surface area contributed by atoms with Gasteiger partial charge in [-0.15, -0.1) is 0 Å². The van der Waals surface area contributed by atoms with Crippen LogP contribution in [0.4, 0.5) is 0 Å². The molecule has 1 unspecified atom stereocenters. The van der Waals surface area contributed by atoms with E-state index in [0.717, 1.165) is 31.1 Å². The van der Waals surface area contributed by atoms with Crippen molar-refractivity contribution < 1.29 is 27.2 Å². The van der Waals surface area contributed by atoms with E-state index in [-0.39, 0.29) is 35.3 Å². The standard InChI is InChI=1S/C21H25NO6S/c1-14-17-8-4-5-9-18(17)28-20(14)21(24)27-12-19(23)22(15-6-2-3-7-15)16-10-11-29(25,26)13-16/h4-5,8-9,15-16H,2-3,6-7,10-13H2,1H3. The Kier molecular flexibility index (Phi) is 5.38. The molecule has 0 spiro atoms. The van der Waals surface area contributed by atoms with Crippen LogP contribution >= 0.6 is 0 Å². The van der Waals surface area contributed by atoms with Crippen LogP contribution in [-0.2, 0) is 19.4 Å². The number of hydrogen-bond donors (Lipinski definition) is 0. The van der Waals surface area contributed by atoms with Gasteiger partial charge in [0.15, 0.2) is 16.4 Å². The summed E-state index contributed by atoms with van der Waals surface area (Å²) in [5.41, 5.74) is 1.26. The Bertz CT molecular complexity index is 1030. The summed E-state index contributed by atoms with van der Waals surface area (Å²) in [5, 5.41) is 0.828. The molecule has 2 heterocycles. The molecule has 29 heavy (non-hydrogen) atoms. The number of amides is 1. The van der Waals surface area contributed by atoms with Crippen LogP contribution in [0.1, 0.15) is 48.2 Å². The minimum atomic E-state index is -3.11. The molecule has 0 bridgehead atoms. The third-order valence-electron chi connectivity index (χ3n) is 5.96. The SMILES string of the molecule is Cc1c(C(=O)OCC(=O)N(C2CCCC2)C2CCS(=O)(=O)C2)oc2ccccc12. The molecule has 1 aromatic heterocycles. The highest BCUT2D eigenvalue weighted by Gasteiger charge is 2.39. The number of carbonyl (C=O) groups excluding carboxylic acids is 2. The molecular weight excluding hydrogens is 394 g/mol. The summed E-state index contributed by atoms with van der Waals surface area (Å²) in [5.74, 6) is -0.828. The van der Waals surface area contributed by atoms with E-state index in [1.165, 1.54) is 0 Å². The molecule has 1 saturated heterocycles. The van der Waals surface area contributed by atoms with Crippen LogP contribution in [0.5, 0.6) is 0 Å². The summed E-state index contributed by atoms with van der Waals surface area (Å²) >= 11 is 0. The number of hydrogen-bond acceptors (Lipinski definition) is 6. The Labute approximate surface area is 169 Å². The molecule has 0 N–H and O–H groups in total. The number of carbonyl (C=O) groups is 2. The van der Waals surface area contributed by atoms with Crippen molar-refractivity contribution in [2.45, 2.75) is 51.1 Å². The van der Waals surface area contributed by atoms with Gasteiger partial charge in [0.25, 0.3) is 5.91 Å². The summed E-state index contributed by atoms with van der Waals surface area (Å²) in [6.07, 6.45) is 4.21. The molecule has 2 fully saturated rings. The van der Waals surface area contributed by atoms with Gasteiger partial charge in [0, 0.05) is 23.0 Å². The predicted molar refractivity (Wildman–Crippen MR) is 107 cm³/mol. The van der Waals surface area contributed by atoms with Crippen LogP contribution in [0, 0.1) is 6.92 Å². The highest BCUT2D eigenvalue weighted by atomic mass is 32.2. The van der Waals surface area contributed by atoms with Crippen molar-refractivity contribution in [3.05, 3.63) is 35.6 Å². The van der Waals surface area contributed by atoms with Gasteiger partial charge in [-0.3, -0.25) is 4.79 Å². The smallest absolute Gasteiger partial charge is 0.375 e. The summed E-state index contributed by atoms with van der Waals surface area (Å²) in [6, 6.07) is 7.00. The molecule has 1 aliphatic carbocycles. The Balaban J connectivity index is 1.47. The topological polar surface area (TPSA) is 93.9 Å². The lowest BCUT2D eigenvalue weighted by molar-refractivity contribution is -0.139. The van der Waals surface area contributed by atoms with Gasteiger partial charge in [-0.1, -0.05) is 31.0 Å². The van der Waals surface area contributed by atoms with E-state index >= 15 is 0 Å². The van der Waals surface area contributed by atoms with Crippen LogP contribution in [-0.4, -0.2) is 55.4 Å². The van der Waals surface area contributed by atoms with Crippen molar-refractivity contribution in [1.82, 2.24) is 4.90 Å². The molecule has 7 nitrogen and oxygen atoms in total. The number of sulfone groups is 1. The van der Waals surface area contributed by atoms with E-state index in [2.05, 4.69) is 0 Å².